The molecule has 1 nitrogen and oxygen atoms in total. The van der Waals surface area contributed by atoms with Crippen molar-refractivity contribution in [1.82, 2.24) is 0 Å². The van der Waals surface area contributed by atoms with E-state index < -0.39 is 7.26 Å². The van der Waals surface area contributed by atoms with E-state index in [0.29, 0.717) is 0 Å². The van der Waals surface area contributed by atoms with Gasteiger partial charge in [-0.25, -0.2) is 0 Å². The van der Waals surface area contributed by atoms with E-state index in [1.807, 2.05) is 0 Å². The summed E-state index contributed by atoms with van der Waals surface area (Å²) in [6.45, 7) is 0. The molecule has 0 bridgehead atoms. The molecule has 3 aromatic carbocycles. The van der Waals surface area contributed by atoms with Crippen LogP contribution in [0.3, 0.4) is 0 Å². The van der Waals surface area contributed by atoms with Crippen molar-refractivity contribution < 1.29 is 5.11 Å². The molecule has 0 aromatic heterocycles. The molecule has 1 saturated carbocycles. The van der Waals surface area contributed by atoms with Crippen molar-refractivity contribution in [3.8, 4) is 0 Å². The van der Waals surface area contributed by atoms with Gasteiger partial charge in [0.15, 0.2) is 0 Å². The van der Waals surface area contributed by atoms with Crippen molar-refractivity contribution in [3.63, 3.8) is 0 Å². The molecule has 3 aromatic rings. The first-order valence-corrected chi connectivity index (χ1v) is 11.7. The third-order valence-electron chi connectivity index (χ3n) is 5.61. The first kappa shape index (κ1) is 19.8. The minimum absolute atomic E-state index is 0.750. The third kappa shape index (κ3) is 4.00. The van der Waals surface area contributed by atoms with Crippen LogP contribution in [-0.4, -0.2) is 12.8 Å². The van der Waals surface area contributed by atoms with E-state index in [2.05, 4.69) is 91.0 Å². The van der Waals surface area contributed by atoms with Gasteiger partial charge >= 0.3 is 0 Å². The predicted octanol–water partition coefficient (Wildman–Crippen LogP) is 4.29. The fourth-order valence-electron chi connectivity index (χ4n) is 4.54. The Labute approximate surface area is 164 Å². The van der Waals surface area contributed by atoms with Gasteiger partial charge in [-0.3, -0.25) is 0 Å². The van der Waals surface area contributed by atoms with Gasteiger partial charge in [0, 0.05) is 0 Å². The lowest BCUT2D eigenvalue weighted by Gasteiger charge is -2.36. The van der Waals surface area contributed by atoms with E-state index in [1.165, 1.54) is 32.1 Å². The standard InChI is InChI=1S/C24H26P.CH3O/c1-5-13-21(14-6-1)25(22-15-7-2-8-16-22,23-17-9-3-10-18-23)24-19-11-4-12-20-24;1-2/h1-3,5-10,13-18,24H,4,11-12,19-20H2;1H3/q+1;-1. The molecule has 0 spiro atoms. The summed E-state index contributed by atoms with van der Waals surface area (Å²) in [7, 11) is -0.879. The van der Waals surface area contributed by atoms with E-state index in [4.69, 9.17) is 5.11 Å². The molecule has 0 radical (unpaired) electrons. The second-order valence-corrected chi connectivity index (χ2v) is 10.7. The van der Waals surface area contributed by atoms with Crippen LogP contribution >= 0.6 is 7.26 Å². The van der Waals surface area contributed by atoms with Gasteiger partial charge in [0.25, 0.3) is 0 Å². The molecule has 0 atom stereocenters. The fraction of sp³-hybridized carbons (Fsp3) is 0.280. The molecule has 0 N–H and O–H groups in total. The topological polar surface area (TPSA) is 23.1 Å². The maximum atomic E-state index is 8.25. The Morgan fingerprint density at radius 3 is 1.22 bits per heavy atom. The maximum Gasteiger partial charge on any atom is 0.115 e. The average Bonchev–Trinajstić information content (AvgIpc) is 2.79. The molecule has 27 heavy (non-hydrogen) atoms. The SMILES string of the molecule is C[O-].c1ccc([P+](c2ccccc2)(c2ccccc2)C2CCCCC2)cc1. The predicted molar refractivity (Wildman–Crippen MR) is 118 cm³/mol. The lowest BCUT2D eigenvalue weighted by molar-refractivity contribution is -0.325. The Hall–Kier alpha value is -1.95. The molecule has 140 valence electrons. The van der Waals surface area contributed by atoms with Crippen molar-refractivity contribution in [2.75, 3.05) is 7.11 Å². The van der Waals surface area contributed by atoms with E-state index in [1.54, 1.807) is 15.9 Å². The van der Waals surface area contributed by atoms with Crippen LogP contribution in [0.5, 0.6) is 0 Å². The monoisotopic (exact) mass is 376 g/mol. The summed E-state index contributed by atoms with van der Waals surface area (Å²) in [6, 6.07) is 34.0. The van der Waals surface area contributed by atoms with Crippen molar-refractivity contribution >= 4 is 23.2 Å². The molecular weight excluding hydrogens is 347 g/mol. The Morgan fingerprint density at radius 2 is 0.889 bits per heavy atom. The summed E-state index contributed by atoms with van der Waals surface area (Å²) >= 11 is 0. The van der Waals surface area contributed by atoms with Crippen LogP contribution in [0, 0.1) is 0 Å². The van der Waals surface area contributed by atoms with Gasteiger partial charge in [-0.15, -0.1) is 0 Å². The number of hydrogen-bond donors (Lipinski definition) is 0. The minimum atomic E-state index is -1.63. The summed E-state index contributed by atoms with van der Waals surface area (Å²) in [5.74, 6) is 0. The fourth-order valence-corrected chi connectivity index (χ4v) is 9.76. The van der Waals surface area contributed by atoms with Gasteiger partial charge in [0.1, 0.15) is 23.2 Å². The lowest BCUT2D eigenvalue weighted by atomic mass is 10.0. The Kier molecular flexibility index (Phi) is 7.21. The third-order valence-corrected chi connectivity index (χ3v) is 10.6. The molecule has 4 rings (SSSR count). The van der Waals surface area contributed by atoms with Gasteiger partial charge in [-0.2, -0.15) is 7.11 Å². The largest absolute Gasteiger partial charge is 0.857 e. The summed E-state index contributed by atoms with van der Waals surface area (Å²) in [5, 5.41) is 12.9. The first-order chi connectivity index (χ1) is 13.4. The second-order valence-electron chi connectivity index (χ2n) is 7.02. The van der Waals surface area contributed by atoms with Crippen LogP contribution in [0.25, 0.3) is 0 Å². The molecule has 0 unspecified atom stereocenters. The molecule has 0 amide bonds. The van der Waals surface area contributed by atoms with Crippen molar-refractivity contribution in [1.29, 1.82) is 0 Å². The van der Waals surface area contributed by atoms with Crippen LogP contribution in [0.1, 0.15) is 32.1 Å². The highest BCUT2D eigenvalue weighted by Crippen LogP contribution is 2.63. The lowest BCUT2D eigenvalue weighted by Crippen LogP contribution is -2.39. The van der Waals surface area contributed by atoms with E-state index in [0.717, 1.165) is 12.8 Å². The Bertz CT molecular complexity index is 684. The summed E-state index contributed by atoms with van der Waals surface area (Å²) < 4.78 is 0. The van der Waals surface area contributed by atoms with Gasteiger partial charge < -0.3 is 5.11 Å². The Morgan fingerprint density at radius 1 is 0.556 bits per heavy atom. The number of benzene rings is 3. The minimum Gasteiger partial charge on any atom is -0.857 e. The number of hydrogen-bond acceptors (Lipinski definition) is 1. The zero-order valence-corrected chi connectivity index (χ0v) is 17.0. The average molecular weight is 376 g/mol. The molecular formula is C25H29OP. The maximum absolute atomic E-state index is 8.25. The van der Waals surface area contributed by atoms with E-state index in [9.17, 15) is 0 Å². The van der Waals surface area contributed by atoms with Gasteiger partial charge in [-0.05, 0) is 62.1 Å². The molecule has 1 aliphatic carbocycles. The van der Waals surface area contributed by atoms with Crippen LogP contribution in [0.2, 0.25) is 0 Å². The second kappa shape index (κ2) is 9.83. The summed E-state index contributed by atoms with van der Waals surface area (Å²) in [6.07, 6.45) is 6.85. The highest BCUT2D eigenvalue weighted by molar-refractivity contribution is 7.96. The zero-order valence-electron chi connectivity index (χ0n) is 16.1. The van der Waals surface area contributed by atoms with Gasteiger partial charge in [0.2, 0.25) is 0 Å². The molecule has 0 saturated heterocycles. The van der Waals surface area contributed by atoms with Gasteiger partial charge in [0.05, 0.1) is 5.66 Å². The van der Waals surface area contributed by atoms with Crippen LogP contribution in [0.15, 0.2) is 91.0 Å². The number of rotatable bonds is 4. The molecule has 1 fully saturated rings. The summed E-state index contributed by atoms with van der Waals surface area (Å²) in [5.41, 5.74) is 0.758. The Balaban J connectivity index is 0.00000102. The van der Waals surface area contributed by atoms with Gasteiger partial charge in [-0.1, -0.05) is 61.0 Å². The van der Waals surface area contributed by atoms with E-state index in [-0.39, 0.29) is 0 Å². The quantitative estimate of drug-likeness (QED) is 0.623. The van der Waals surface area contributed by atoms with Crippen molar-refractivity contribution in [2.24, 2.45) is 0 Å². The molecule has 2 heteroatoms. The van der Waals surface area contributed by atoms with E-state index >= 15 is 0 Å². The van der Waals surface area contributed by atoms with Crippen LogP contribution in [-0.2, 0) is 0 Å². The molecule has 0 heterocycles. The highest BCUT2D eigenvalue weighted by Gasteiger charge is 2.51. The van der Waals surface area contributed by atoms with Crippen LogP contribution in [0.4, 0.5) is 0 Å². The van der Waals surface area contributed by atoms with Crippen LogP contribution < -0.4 is 21.0 Å². The smallest absolute Gasteiger partial charge is 0.115 e. The van der Waals surface area contributed by atoms with Crippen molar-refractivity contribution in [3.05, 3.63) is 91.0 Å². The molecule has 1 aliphatic rings. The van der Waals surface area contributed by atoms with Crippen molar-refractivity contribution in [2.45, 2.75) is 37.8 Å². The normalized spacial score (nSPS) is 14.9. The zero-order chi connectivity index (χ0) is 19.0. The first-order valence-electron chi connectivity index (χ1n) is 9.89. The summed E-state index contributed by atoms with van der Waals surface area (Å²) in [4.78, 5) is 0. The molecule has 0 aliphatic heterocycles. The highest BCUT2D eigenvalue weighted by atomic mass is 31.2.